The van der Waals surface area contributed by atoms with E-state index in [0.29, 0.717) is 42.4 Å². The van der Waals surface area contributed by atoms with Gasteiger partial charge in [-0.2, -0.15) is 4.31 Å². The van der Waals surface area contributed by atoms with Crippen molar-refractivity contribution in [3.05, 3.63) is 23.8 Å². The Morgan fingerprint density at radius 3 is 2.59 bits per heavy atom. The Hall–Kier alpha value is -1.11. The first kappa shape index (κ1) is 12.3. The first-order valence-corrected chi connectivity index (χ1v) is 6.90. The van der Waals surface area contributed by atoms with Crippen LogP contribution in [0.15, 0.2) is 23.1 Å². The van der Waals surface area contributed by atoms with Crippen LogP contribution in [-0.2, 0) is 14.8 Å². The van der Waals surface area contributed by atoms with Crippen molar-refractivity contribution in [3.8, 4) is 0 Å². The van der Waals surface area contributed by atoms with Gasteiger partial charge in [0.05, 0.1) is 18.1 Å². The van der Waals surface area contributed by atoms with Crippen LogP contribution in [0.25, 0.3) is 0 Å². The third kappa shape index (κ3) is 2.29. The van der Waals surface area contributed by atoms with Gasteiger partial charge in [0.1, 0.15) is 0 Å². The molecule has 1 saturated heterocycles. The van der Waals surface area contributed by atoms with E-state index in [9.17, 15) is 8.42 Å². The predicted molar refractivity (Wildman–Crippen MR) is 65.2 cm³/mol. The second-order valence-corrected chi connectivity index (χ2v) is 5.89. The van der Waals surface area contributed by atoms with E-state index in [4.69, 9.17) is 10.5 Å². The summed E-state index contributed by atoms with van der Waals surface area (Å²) >= 11 is 0. The molecule has 17 heavy (non-hydrogen) atoms. The maximum Gasteiger partial charge on any atom is 0.243 e. The van der Waals surface area contributed by atoms with E-state index in [1.807, 2.05) is 0 Å². The Balaban J connectivity index is 2.40. The number of nitrogens with two attached hydrogens (primary N) is 1. The normalized spacial score (nSPS) is 18.2. The van der Waals surface area contributed by atoms with Crippen molar-refractivity contribution in [2.75, 3.05) is 32.0 Å². The van der Waals surface area contributed by atoms with Gasteiger partial charge in [0.2, 0.25) is 10.0 Å². The predicted octanol–water partition coefficient (Wildman–Crippen LogP) is 0.598. The monoisotopic (exact) mass is 256 g/mol. The maximum absolute atomic E-state index is 12.4. The van der Waals surface area contributed by atoms with E-state index >= 15 is 0 Å². The van der Waals surface area contributed by atoms with Gasteiger partial charge in [-0.05, 0) is 24.6 Å². The topological polar surface area (TPSA) is 72.6 Å². The van der Waals surface area contributed by atoms with Gasteiger partial charge in [0, 0.05) is 18.8 Å². The fraction of sp³-hybridized carbons (Fsp3) is 0.455. The van der Waals surface area contributed by atoms with Crippen molar-refractivity contribution >= 4 is 15.7 Å². The molecule has 0 bridgehead atoms. The quantitative estimate of drug-likeness (QED) is 0.786. The number of nitrogens with zero attached hydrogens (tertiary/aromatic N) is 1. The fourth-order valence-electron chi connectivity index (χ4n) is 1.84. The average Bonchev–Trinajstić information content (AvgIpc) is 2.33. The lowest BCUT2D eigenvalue weighted by Gasteiger charge is -2.26. The maximum atomic E-state index is 12.4. The molecule has 1 aromatic rings. The molecule has 1 aromatic carbocycles. The Kier molecular flexibility index (Phi) is 3.37. The lowest BCUT2D eigenvalue weighted by Crippen LogP contribution is -2.40. The van der Waals surface area contributed by atoms with E-state index in [1.54, 1.807) is 25.1 Å². The zero-order chi connectivity index (χ0) is 12.5. The molecule has 1 aliphatic heterocycles. The molecule has 0 spiro atoms. The van der Waals surface area contributed by atoms with Gasteiger partial charge in [-0.1, -0.05) is 6.07 Å². The second-order valence-electron chi connectivity index (χ2n) is 3.99. The number of morpholine rings is 1. The molecule has 2 rings (SSSR count). The van der Waals surface area contributed by atoms with E-state index in [-0.39, 0.29) is 0 Å². The summed E-state index contributed by atoms with van der Waals surface area (Å²) in [6.07, 6.45) is 0. The van der Waals surface area contributed by atoms with Crippen LogP contribution in [0.2, 0.25) is 0 Å². The lowest BCUT2D eigenvalue weighted by molar-refractivity contribution is 0.0730. The Bertz CT molecular complexity index is 507. The standard InChI is InChI=1S/C11H16N2O3S/c1-9-10(12)3-2-4-11(9)17(14,15)13-5-7-16-8-6-13/h2-4H,5-8,12H2,1H3. The second kappa shape index (κ2) is 4.64. The summed E-state index contributed by atoms with van der Waals surface area (Å²) in [4.78, 5) is 0.291. The van der Waals surface area contributed by atoms with Crippen LogP contribution in [0, 0.1) is 6.92 Å². The third-order valence-corrected chi connectivity index (χ3v) is 4.96. The van der Waals surface area contributed by atoms with Crippen molar-refractivity contribution in [1.29, 1.82) is 0 Å². The van der Waals surface area contributed by atoms with Crippen LogP contribution < -0.4 is 5.73 Å². The number of hydrogen-bond acceptors (Lipinski definition) is 4. The van der Waals surface area contributed by atoms with Crippen molar-refractivity contribution in [2.24, 2.45) is 0 Å². The summed E-state index contributed by atoms with van der Waals surface area (Å²) < 4.78 is 31.3. The van der Waals surface area contributed by atoms with Gasteiger partial charge >= 0.3 is 0 Å². The summed E-state index contributed by atoms with van der Waals surface area (Å²) in [6.45, 7) is 3.41. The molecule has 0 saturated carbocycles. The van der Waals surface area contributed by atoms with E-state index < -0.39 is 10.0 Å². The minimum atomic E-state index is -3.44. The molecule has 94 valence electrons. The van der Waals surface area contributed by atoms with Gasteiger partial charge in [-0.3, -0.25) is 0 Å². The zero-order valence-electron chi connectivity index (χ0n) is 9.72. The molecule has 1 heterocycles. The summed E-state index contributed by atoms with van der Waals surface area (Å²) in [5.74, 6) is 0. The number of nitrogen functional groups attached to an aromatic ring is 1. The molecular weight excluding hydrogens is 240 g/mol. The molecule has 1 aliphatic rings. The molecule has 5 nitrogen and oxygen atoms in total. The minimum Gasteiger partial charge on any atom is -0.398 e. The molecule has 0 atom stereocenters. The Labute approximate surface area is 101 Å². The molecule has 6 heteroatoms. The highest BCUT2D eigenvalue weighted by atomic mass is 32.2. The lowest BCUT2D eigenvalue weighted by atomic mass is 10.2. The minimum absolute atomic E-state index is 0.291. The van der Waals surface area contributed by atoms with Gasteiger partial charge in [-0.15, -0.1) is 0 Å². The van der Waals surface area contributed by atoms with Crippen molar-refractivity contribution in [1.82, 2.24) is 4.31 Å². The molecular formula is C11H16N2O3S. The largest absolute Gasteiger partial charge is 0.398 e. The van der Waals surface area contributed by atoms with E-state index in [2.05, 4.69) is 0 Å². The van der Waals surface area contributed by atoms with Crippen molar-refractivity contribution < 1.29 is 13.2 Å². The van der Waals surface area contributed by atoms with Crippen LogP contribution >= 0.6 is 0 Å². The van der Waals surface area contributed by atoms with Crippen molar-refractivity contribution in [2.45, 2.75) is 11.8 Å². The molecule has 1 fully saturated rings. The first-order valence-electron chi connectivity index (χ1n) is 5.46. The van der Waals surface area contributed by atoms with Gasteiger partial charge in [0.25, 0.3) is 0 Å². The van der Waals surface area contributed by atoms with Crippen LogP contribution in [0.1, 0.15) is 5.56 Å². The number of anilines is 1. The molecule has 0 amide bonds. The van der Waals surface area contributed by atoms with Crippen molar-refractivity contribution in [3.63, 3.8) is 0 Å². The summed E-state index contributed by atoms with van der Waals surface area (Å²) in [5.41, 5.74) is 6.85. The average molecular weight is 256 g/mol. The summed E-state index contributed by atoms with van der Waals surface area (Å²) in [5, 5.41) is 0. The van der Waals surface area contributed by atoms with Crippen LogP contribution in [-0.4, -0.2) is 39.0 Å². The van der Waals surface area contributed by atoms with Crippen LogP contribution in [0.4, 0.5) is 5.69 Å². The molecule has 0 aliphatic carbocycles. The molecule has 0 aromatic heterocycles. The number of hydrogen-bond donors (Lipinski definition) is 1. The number of sulfonamides is 1. The summed E-state index contributed by atoms with van der Waals surface area (Å²) in [7, 11) is -3.44. The molecule has 0 unspecified atom stereocenters. The van der Waals surface area contributed by atoms with Gasteiger partial charge < -0.3 is 10.5 Å². The highest BCUT2D eigenvalue weighted by molar-refractivity contribution is 7.89. The Morgan fingerprint density at radius 2 is 1.94 bits per heavy atom. The molecule has 2 N–H and O–H groups in total. The van der Waals surface area contributed by atoms with E-state index in [1.165, 1.54) is 4.31 Å². The van der Waals surface area contributed by atoms with Gasteiger partial charge in [-0.25, -0.2) is 8.42 Å². The number of benzene rings is 1. The SMILES string of the molecule is Cc1c(N)cccc1S(=O)(=O)N1CCOCC1. The highest BCUT2D eigenvalue weighted by Gasteiger charge is 2.27. The van der Waals surface area contributed by atoms with Crippen LogP contribution in [0.5, 0.6) is 0 Å². The number of ether oxygens (including phenoxy) is 1. The zero-order valence-corrected chi connectivity index (χ0v) is 10.5. The third-order valence-electron chi connectivity index (χ3n) is 2.91. The molecule has 0 radical (unpaired) electrons. The summed E-state index contributed by atoms with van der Waals surface area (Å²) in [6, 6.07) is 4.96. The Morgan fingerprint density at radius 1 is 1.29 bits per heavy atom. The first-order chi connectivity index (χ1) is 8.03. The highest BCUT2D eigenvalue weighted by Crippen LogP contribution is 2.24. The van der Waals surface area contributed by atoms with Gasteiger partial charge in [0.15, 0.2) is 0 Å². The smallest absolute Gasteiger partial charge is 0.243 e. The van der Waals surface area contributed by atoms with E-state index in [0.717, 1.165) is 0 Å². The number of rotatable bonds is 2. The fourth-order valence-corrected chi connectivity index (χ4v) is 3.50. The van der Waals surface area contributed by atoms with Crippen LogP contribution in [0.3, 0.4) is 0 Å².